The lowest BCUT2D eigenvalue weighted by Gasteiger charge is -2.32. The normalized spacial score (nSPS) is 15.3. The van der Waals surface area contributed by atoms with Crippen LogP contribution in [0.5, 0.6) is 0 Å². The number of amides is 1. The van der Waals surface area contributed by atoms with Crippen LogP contribution in [0, 0.1) is 0 Å². The van der Waals surface area contributed by atoms with E-state index in [0.29, 0.717) is 36.7 Å². The Balaban J connectivity index is 1.64. The molecule has 0 unspecified atom stereocenters. The molecule has 0 atom stereocenters. The van der Waals surface area contributed by atoms with Gasteiger partial charge in [0.15, 0.2) is 0 Å². The third kappa shape index (κ3) is 4.72. The molecule has 0 radical (unpaired) electrons. The maximum absolute atomic E-state index is 13.0. The van der Waals surface area contributed by atoms with E-state index >= 15 is 0 Å². The van der Waals surface area contributed by atoms with Crippen LogP contribution in [0.2, 0.25) is 0 Å². The highest BCUT2D eigenvalue weighted by molar-refractivity contribution is 5.85. The topological polar surface area (TPSA) is 88.3 Å². The number of piperidine rings is 1. The van der Waals surface area contributed by atoms with Crippen molar-refractivity contribution < 1.29 is 32.3 Å². The molecule has 1 aliphatic rings. The Hall–Kier alpha value is -2.98. The molecule has 7 nitrogen and oxygen atoms in total. The zero-order chi connectivity index (χ0) is 21.1. The molecule has 1 amide bonds. The largest absolute Gasteiger partial charge is 0.477 e. The van der Waals surface area contributed by atoms with Crippen molar-refractivity contribution in [2.45, 2.75) is 38.2 Å². The minimum Gasteiger partial charge on any atom is -0.477 e. The Morgan fingerprint density at radius 3 is 2.41 bits per heavy atom. The average Bonchev–Trinajstić information content (AvgIpc) is 3.12. The van der Waals surface area contributed by atoms with Crippen LogP contribution in [0.3, 0.4) is 0 Å². The van der Waals surface area contributed by atoms with Crippen molar-refractivity contribution in [3.8, 4) is 0 Å². The van der Waals surface area contributed by atoms with Crippen molar-refractivity contribution >= 4 is 11.9 Å². The molecular weight excluding hydrogens is 396 g/mol. The van der Waals surface area contributed by atoms with E-state index in [2.05, 4.69) is 10.1 Å². The highest BCUT2D eigenvalue weighted by atomic mass is 19.3. The fourth-order valence-electron chi connectivity index (χ4n) is 3.37. The number of hydrogen-bond donors (Lipinski definition) is 1. The quantitative estimate of drug-likeness (QED) is 0.733. The maximum Gasteiger partial charge on any atom is 0.354 e. The van der Waals surface area contributed by atoms with E-state index in [0.717, 1.165) is 5.56 Å². The van der Waals surface area contributed by atoms with Crippen molar-refractivity contribution in [1.29, 1.82) is 0 Å². The molecule has 29 heavy (non-hydrogen) atoms. The van der Waals surface area contributed by atoms with Crippen molar-refractivity contribution in [2.75, 3.05) is 13.1 Å². The standard InChI is InChI=1S/C18H18F4N4O3/c19-16(20)12-8-14(17(21)22)26(24-12)9-15(27)25-5-2-10(3-6-25)11-1-4-23-13(7-11)18(28)29/h1,4,7-8,10,16-17H,2-3,5-6,9H2,(H,28,29). The van der Waals surface area contributed by atoms with E-state index in [1.807, 2.05) is 0 Å². The second kappa shape index (κ2) is 8.58. The molecule has 2 aromatic heterocycles. The van der Waals surface area contributed by atoms with Crippen LogP contribution >= 0.6 is 0 Å². The van der Waals surface area contributed by atoms with Crippen molar-refractivity contribution in [3.05, 3.63) is 47.0 Å². The van der Waals surface area contributed by atoms with Gasteiger partial charge in [0.1, 0.15) is 23.6 Å². The van der Waals surface area contributed by atoms with E-state index in [-0.39, 0.29) is 11.6 Å². The minimum absolute atomic E-state index is 0.0342. The Labute approximate surface area is 162 Å². The number of hydrogen-bond acceptors (Lipinski definition) is 4. The van der Waals surface area contributed by atoms with Crippen molar-refractivity contribution in [3.63, 3.8) is 0 Å². The zero-order valence-corrected chi connectivity index (χ0v) is 15.1. The summed E-state index contributed by atoms with van der Waals surface area (Å²) in [5.41, 5.74) is -0.771. The molecule has 2 aromatic rings. The third-order valence-corrected chi connectivity index (χ3v) is 4.88. The van der Waals surface area contributed by atoms with E-state index < -0.39 is 42.7 Å². The van der Waals surface area contributed by atoms with Gasteiger partial charge in [0.2, 0.25) is 5.91 Å². The summed E-state index contributed by atoms with van der Waals surface area (Å²) in [5, 5.41) is 12.5. The van der Waals surface area contributed by atoms with Gasteiger partial charge in [-0.15, -0.1) is 0 Å². The van der Waals surface area contributed by atoms with Crippen molar-refractivity contribution in [1.82, 2.24) is 19.7 Å². The maximum atomic E-state index is 13.0. The third-order valence-electron chi connectivity index (χ3n) is 4.88. The van der Waals surface area contributed by atoms with Crippen LogP contribution < -0.4 is 0 Å². The number of halogens is 4. The fourth-order valence-corrected chi connectivity index (χ4v) is 3.37. The summed E-state index contributed by atoms with van der Waals surface area (Å²) in [5.74, 6) is -1.58. The van der Waals surface area contributed by atoms with Gasteiger partial charge in [0.25, 0.3) is 12.9 Å². The van der Waals surface area contributed by atoms with Gasteiger partial charge in [0.05, 0.1) is 0 Å². The number of pyridine rings is 1. The summed E-state index contributed by atoms with van der Waals surface area (Å²) in [6, 6.07) is 3.83. The predicted molar refractivity (Wildman–Crippen MR) is 91.9 cm³/mol. The van der Waals surface area contributed by atoms with Gasteiger partial charge < -0.3 is 10.0 Å². The van der Waals surface area contributed by atoms with Gasteiger partial charge in [-0.05, 0) is 42.5 Å². The van der Waals surface area contributed by atoms with Crippen molar-refractivity contribution in [2.24, 2.45) is 0 Å². The number of carboxylic acids is 1. The van der Waals surface area contributed by atoms with Crippen LogP contribution in [-0.4, -0.2) is 49.7 Å². The minimum atomic E-state index is -3.02. The number of aromatic carboxylic acids is 1. The first-order valence-corrected chi connectivity index (χ1v) is 8.87. The van der Waals surface area contributed by atoms with Gasteiger partial charge in [-0.25, -0.2) is 27.3 Å². The van der Waals surface area contributed by atoms with E-state index in [1.165, 1.54) is 17.2 Å². The first-order valence-electron chi connectivity index (χ1n) is 8.87. The van der Waals surface area contributed by atoms with Gasteiger partial charge in [0, 0.05) is 19.3 Å². The fraction of sp³-hybridized carbons (Fsp3) is 0.444. The molecule has 156 valence electrons. The average molecular weight is 414 g/mol. The molecule has 11 heteroatoms. The lowest BCUT2D eigenvalue weighted by atomic mass is 9.89. The summed E-state index contributed by atoms with van der Waals surface area (Å²) in [6.07, 6.45) is -3.50. The molecule has 3 rings (SSSR count). The summed E-state index contributed by atoms with van der Waals surface area (Å²) in [7, 11) is 0. The summed E-state index contributed by atoms with van der Waals surface area (Å²) < 4.78 is 52.2. The summed E-state index contributed by atoms with van der Waals surface area (Å²) in [4.78, 5) is 28.7. The SMILES string of the molecule is O=C(O)c1cc(C2CCN(C(=O)Cn3nc(C(F)F)cc3C(F)F)CC2)ccn1. The van der Waals surface area contributed by atoms with Gasteiger partial charge in [-0.2, -0.15) is 5.10 Å². The number of likely N-dealkylation sites (tertiary alicyclic amines) is 1. The summed E-state index contributed by atoms with van der Waals surface area (Å²) >= 11 is 0. The zero-order valence-electron chi connectivity index (χ0n) is 15.1. The number of aromatic nitrogens is 3. The Morgan fingerprint density at radius 1 is 1.14 bits per heavy atom. The smallest absolute Gasteiger partial charge is 0.354 e. The van der Waals surface area contributed by atoms with Crippen LogP contribution in [0.25, 0.3) is 0 Å². The monoisotopic (exact) mass is 414 g/mol. The molecular formula is C18H18F4N4O3. The second-order valence-electron chi connectivity index (χ2n) is 6.69. The van der Waals surface area contributed by atoms with Crippen LogP contribution in [-0.2, 0) is 11.3 Å². The van der Waals surface area contributed by atoms with Gasteiger partial charge in [-0.3, -0.25) is 9.48 Å². The molecule has 0 bridgehead atoms. The highest BCUT2D eigenvalue weighted by Crippen LogP contribution is 2.29. The molecule has 0 spiro atoms. The summed E-state index contributed by atoms with van der Waals surface area (Å²) in [6.45, 7) is 0.123. The molecule has 3 heterocycles. The molecule has 0 aliphatic carbocycles. The second-order valence-corrected chi connectivity index (χ2v) is 6.69. The molecule has 1 saturated heterocycles. The van der Waals surface area contributed by atoms with E-state index in [4.69, 9.17) is 5.11 Å². The van der Waals surface area contributed by atoms with Crippen LogP contribution in [0.4, 0.5) is 17.6 Å². The molecule has 0 saturated carbocycles. The molecule has 1 fully saturated rings. The molecule has 1 aliphatic heterocycles. The lowest BCUT2D eigenvalue weighted by molar-refractivity contribution is -0.133. The number of alkyl halides is 4. The highest BCUT2D eigenvalue weighted by Gasteiger charge is 2.27. The number of rotatable bonds is 6. The van der Waals surface area contributed by atoms with E-state index in [9.17, 15) is 27.2 Å². The molecule has 1 N–H and O–H groups in total. The van der Waals surface area contributed by atoms with Gasteiger partial charge in [-0.1, -0.05) is 0 Å². The van der Waals surface area contributed by atoms with E-state index in [1.54, 1.807) is 6.07 Å². The first kappa shape index (κ1) is 20.7. The van der Waals surface area contributed by atoms with Crippen LogP contribution in [0.15, 0.2) is 24.4 Å². The number of nitrogens with zero attached hydrogens (tertiary/aromatic N) is 4. The number of carbonyl (C=O) groups is 2. The number of carbonyl (C=O) groups excluding carboxylic acids is 1. The van der Waals surface area contributed by atoms with Gasteiger partial charge >= 0.3 is 5.97 Å². The lowest BCUT2D eigenvalue weighted by Crippen LogP contribution is -2.40. The molecule has 0 aromatic carbocycles. The first-order chi connectivity index (χ1) is 13.8. The Morgan fingerprint density at radius 2 is 1.83 bits per heavy atom. The predicted octanol–water partition coefficient (Wildman–Crippen LogP) is 3.26. The van der Waals surface area contributed by atoms with Crippen LogP contribution in [0.1, 0.15) is 59.1 Å². The Bertz CT molecular complexity index is 895. The number of carboxylic acid groups (broad SMARTS) is 1. The Kier molecular flexibility index (Phi) is 6.14.